The highest BCUT2D eigenvalue weighted by Gasteiger charge is 2.24. The lowest BCUT2D eigenvalue weighted by Crippen LogP contribution is -2.47. The molecule has 0 aromatic heterocycles. The Morgan fingerprint density at radius 3 is 2.27 bits per heavy atom. The van der Waals surface area contributed by atoms with E-state index in [0.717, 1.165) is 43.3 Å². The number of carbonyl (C=O) groups is 2. The molecule has 9 nitrogen and oxygen atoms in total. The highest BCUT2D eigenvalue weighted by Crippen LogP contribution is 2.31. The molecule has 0 saturated carbocycles. The molecule has 3 rings (SSSR count). The molecule has 2 aromatic rings. The first-order valence-corrected chi connectivity index (χ1v) is 11.0. The molecule has 0 spiro atoms. The summed E-state index contributed by atoms with van der Waals surface area (Å²) < 4.78 is 10.6. The third kappa shape index (κ3) is 6.07. The van der Waals surface area contributed by atoms with Gasteiger partial charge in [0.05, 0.1) is 25.0 Å². The first-order valence-electron chi connectivity index (χ1n) is 11.0. The maximum atomic E-state index is 13.0. The Morgan fingerprint density at radius 1 is 0.970 bits per heavy atom. The minimum atomic E-state index is -0.251. The van der Waals surface area contributed by atoms with Gasteiger partial charge in [-0.25, -0.2) is 4.79 Å². The molecule has 3 amide bonds. The second-order valence-electron chi connectivity index (χ2n) is 7.95. The van der Waals surface area contributed by atoms with Crippen LogP contribution < -0.4 is 25.2 Å². The average molecular weight is 456 g/mol. The van der Waals surface area contributed by atoms with E-state index in [1.54, 1.807) is 34.4 Å². The summed E-state index contributed by atoms with van der Waals surface area (Å²) in [6, 6.07) is 13.2. The summed E-state index contributed by atoms with van der Waals surface area (Å²) >= 11 is 0. The second kappa shape index (κ2) is 11.4. The number of carbonyl (C=O) groups excluding carboxylic acids is 2. The van der Waals surface area contributed by atoms with Crippen molar-refractivity contribution in [1.82, 2.24) is 10.2 Å². The number of nitrogens with zero attached hydrogens (tertiary/aromatic N) is 3. The maximum absolute atomic E-state index is 13.0. The van der Waals surface area contributed by atoms with Gasteiger partial charge in [0.1, 0.15) is 5.75 Å². The zero-order valence-electron chi connectivity index (χ0n) is 19.8. The normalized spacial score (nSPS) is 13.5. The molecule has 178 valence electrons. The van der Waals surface area contributed by atoms with Gasteiger partial charge in [-0.05, 0) is 30.3 Å². The molecule has 0 aliphatic carbocycles. The number of benzene rings is 2. The monoisotopic (exact) mass is 455 g/mol. The molecule has 2 aromatic carbocycles. The number of methoxy groups -OCH3 is 2. The summed E-state index contributed by atoms with van der Waals surface area (Å²) in [4.78, 5) is 31.0. The lowest BCUT2D eigenvalue weighted by molar-refractivity contribution is 0.0937. The molecule has 2 N–H and O–H groups in total. The van der Waals surface area contributed by atoms with Crippen LogP contribution in [0.4, 0.5) is 21.9 Å². The fraction of sp³-hybridized carbons (Fsp3) is 0.417. The van der Waals surface area contributed by atoms with Crippen LogP contribution in [0.1, 0.15) is 10.4 Å². The van der Waals surface area contributed by atoms with Gasteiger partial charge in [-0.3, -0.25) is 4.79 Å². The van der Waals surface area contributed by atoms with Crippen LogP contribution in [0.2, 0.25) is 0 Å². The molecule has 33 heavy (non-hydrogen) atoms. The van der Waals surface area contributed by atoms with Crippen molar-refractivity contribution in [3.63, 3.8) is 0 Å². The quantitative estimate of drug-likeness (QED) is 0.595. The number of piperazine rings is 1. The Bertz CT molecular complexity index is 958. The van der Waals surface area contributed by atoms with Gasteiger partial charge in [0.15, 0.2) is 0 Å². The van der Waals surface area contributed by atoms with Crippen molar-refractivity contribution in [2.45, 2.75) is 0 Å². The zero-order chi connectivity index (χ0) is 23.8. The summed E-state index contributed by atoms with van der Waals surface area (Å²) in [6.07, 6.45) is 0. The van der Waals surface area contributed by atoms with Crippen LogP contribution in [0.5, 0.6) is 5.75 Å². The van der Waals surface area contributed by atoms with Gasteiger partial charge >= 0.3 is 6.03 Å². The lowest BCUT2D eigenvalue weighted by Gasteiger charge is -2.38. The Morgan fingerprint density at radius 2 is 1.64 bits per heavy atom. The van der Waals surface area contributed by atoms with Crippen LogP contribution in [0.15, 0.2) is 42.5 Å². The van der Waals surface area contributed by atoms with Crippen LogP contribution in [0.25, 0.3) is 0 Å². The van der Waals surface area contributed by atoms with E-state index in [1.165, 1.54) is 4.90 Å². The van der Waals surface area contributed by atoms with Crippen molar-refractivity contribution < 1.29 is 19.1 Å². The summed E-state index contributed by atoms with van der Waals surface area (Å²) in [5.41, 5.74) is 3.00. The molecular weight excluding hydrogens is 422 g/mol. The summed E-state index contributed by atoms with van der Waals surface area (Å²) in [7, 11) is 6.61. The minimum absolute atomic E-state index is 0.199. The van der Waals surface area contributed by atoms with Crippen molar-refractivity contribution in [2.75, 3.05) is 82.8 Å². The van der Waals surface area contributed by atoms with Crippen molar-refractivity contribution in [1.29, 1.82) is 0 Å². The molecule has 1 aliphatic rings. The molecule has 0 bridgehead atoms. The molecule has 1 saturated heterocycles. The van der Waals surface area contributed by atoms with E-state index in [0.29, 0.717) is 24.4 Å². The predicted octanol–water partition coefficient (Wildman–Crippen LogP) is 2.49. The largest absolute Gasteiger partial charge is 0.495 e. The number of amides is 3. The minimum Gasteiger partial charge on any atom is -0.495 e. The van der Waals surface area contributed by atoms with Crippen LogP contribution in [-0.4, -0.2) is 84.5 Å². The summed E-state index contributed by atoms with van der Waals surface area (Å²) in [6.45, 7) is 3.93. The number of rotatable bonds is 8. The van der Waals surface area contributed by atoms with Crippen LogP contribution in [0, 0.1) is 0 Å². The Balaban J connectivity index is 1.79. The molecule has 1 aliphatic heterocycles. The van der Waals surface area contributed by atoms with E-state index in [1.807, 2.05) is 30.3 Å². The number of anilines is 3. The van der Waals surface area contributed by atoms with Gasteiger partial charge in [0.25, 0.3) is 5.91 Å². The topological polar surface area (TPSA) is 86.4 Å². The highest BCUT2D eigenvalue weighted by molar-refractivity contribution is 6.02. The Kier molecular flexibility index (Phi) is 8.37. The van der Waals surface area contributed by atoms with E-state index < -0.39 is 0 Å². The Hall–Kier alpha value is -3.46. The van der Waals surface area contributed by atoms with Crippen LogP contribution in [0.3, 0.4) is 0 Å². The number of para-hydroxylation sites is 2. The van der Waals surface area contributed by atoms with E-state index in [-0.39, 0.29) is 11.9 Å². The molecule has 0 unspecified atom stereocenters. The van der Waals surface area contributed by atoms with Crippen LogP contribution >= 0.6 is 0 Å². The van der Waals surface area contributed by atoms with Gasteiger partial charge in [0.2, 0.25) is 0 Å². The van der Waals surface area contributed by atoms with E-state index in [9.17, 15) is 9.59 Å². The molecule has 1 heterocycles. The standard InChI is InChI=1S/C24H33N5O4/c1-27(2)24(31)26-18-9-10-20(19(17-18)23(30)25-11-16-32-3)28-12-14-29(15-13-28)21-7-5-6-8-22(21)33-4/h5-10,17H,11-16H2,1-4H3,(H,25,30)(H,26,31). The fourth-order valence-corrected chi connectivity index (χ4v) is 3.75. The SMILES string of the molecule is COCCNC(=O)c1cc(NC(=O)N(C)C)ccc1N1CCN(c2ccccc2OC)CC1. The molecule has 0 atom stereocenters. The average Bonchev–Trinajstić information content (AvgIpc) is 2.84. The highest BCUT2D eigenvalue weighted by atomic mass is 16.5. The number of ether oxygens (including phenoxy) is 2. The molecular formula is C24H33N5O4. The van der Waals surface area contributed by atoms with Crippen LogP contribution in [-0.2, 0) is 4.74 Å². The molecule has 9 heteroatoms. The number of hydrogen-bond donors (Lipinski definition) is 2. The Labute approximate surface area is 195 Å². The third-order valence-electron chi connectivity index (χ3n) is 5.54. The van der Waals surface area contributed by atoms with Crippen molar-refractivity contribution in [3.05, 3.63) is 48.0 Å². The van der Waals surface area contributed by atoms with E-state index >= 15 is 0 Å². The zero-order valence-corrected chi connectivity index (χ0v) is 19.8. The molecule has 1 fully saturated rings. The first kappa shape index (κ1) is 24.2. The van der Waals surface area contributed by atoms with E-state index in [2.05, 4.69) is 26.5 Å². The second-order valence-corrected chi connectivity index (χ2v) is 7.95. The van der Waals surface area contributed by atoms with Gasteiger partial charge in [0, 0.05) is 65.3 Å². The van der Waals surface area contributed by atoms with Gasteiger partial charge < -0.3 is 34.8 Å². The summed E-state index contributed by atoms with van der Waals surface area (Å²) in [5, 5.41) is 5.71. The van der Waals surface area contributed by atoms with Crippen molar-refractivity contribution >= 4 is 29.0 Å². The van der Waals surface area contributed by atoms with Gasteiger partial charge in [-0.2, -0.15) is 0 Å². The first-order chi connectivity index (χ1) is 15.9. The number of hydrogen-bond acceptors (Lipinski definition) is 6. The van der Waals surface area contributed by atoms with Crippen molar-refractivity contribution in [2.24, 2.45) is 0 Å². The van der Waals surface area contributed by atoms with Gasteiger partial charge in [-0.15, -0.1) is 0 Å². The lowest BCUT2D eigenvalue weighted by atomic mass is 10.1. The van der Waals surface area contributed by atoms with Gasteiger partial charge in [-0.1, -0.05) is 12.1 Å². The predicted molar refractivity (Wildman–Crippen MR) is 131 cm³/mol. The van der Waals surface area contributed by atoms with Crippen molar-refractivity contribution in [3.8, 4) is 5.75 Å². The molecule has 0 radical (unpaired) electrons. The number of urea groups is 1. The number of nitrogens with one attached hydrogen (secondary N) is 2. The third-order valence-corrected chi connectivity index (χ3v) is 5.54. The maximum Gasteiger partial charge on any atom is 0.321 e. The summed E-state index contributed by atoms with van der Waals surface area (Å²) in [5.74, 6) is 0.653. The fourth-order valence-electron chi connectivity index (χ4n) is 3.75. The smallest absolute Gasteiger partial charge is 0.321 e. The van der Waals surface area contributed by atoms with E-state index in [4.69, 9.17) is 9.47 Å².